The molecular formula is C17H26N2O2. The van der Waals surface area contributed by atoms with Crippen LogP contribution in [0, 0.1) is 5.92 Å². The van der Waals surface area contributed by atoms with Gasteiger partial charge in [-0.15, -0.1) is 0 Å². The van der Waals surface area contributed by atoms with E-state index in [4.69, 9.17) is 15.1 Å². The number of carboxylic acids is 1. The Morgan fingerprint density at radius 3 is 2.19 bits per heavy atom. The quantitative estimate of drug-likeness (QED) is 0.870. The Kier molecular flexibility index (Phi) is 5.32. The molecule has 0 bridgehead atoms. The van der Waals surface area contributed by atoms with Gasteiger partial charge in [0.1, 0.15) is 5.82 Å². The minimum absolute atomic E-state index is 0.0366. The fourth-order valence-electron chi connectivity index (χ4n) is 3.41. The van der Waals surface area contributed by atoms with E-state index < -0.39 is 5.97 Å². The third-order valence-electron chi connectivity index (χ3n) is 4.68. The van der Waals surface area contributed by atoms with Crippen molar-refractivity contribution in [3.05, 3.63) is 22.8 Å². The zero-order chi connectivity index (χ0) is 15.4. The van der Waals surface area contributed by atoms with E-state index in [1.165, 1.54) is 25.7 Å². The standard InChI is InChI=1S/C17H26N2O2/c1-4-11-7-8-12(9-11)17-18-14(5-2)13(10-16(20)21)15(6-3)19-17/h11-12H,4-10H2,1-3H3,(H,20,21). The molecule has 116 valence electrons. The second-order valence-corrected chi connectivity index (χ2v) is 6.02. The molecule has 0 radical (unpaired) electrons. The minimum atomic E-state index is -0.803. The highest BCUT2D eigenvalue weighted by molar-refractivity contribution is 5.71. The molecule has 0 amide bonds. The van der Waals surface area contributed by atoms with Crippen molar-refractivity contribution in [1.29, 1.82) is 0 Å². The van der Waals surface area contributed by atoms with E-state index in [0.717, 1.165) is 41.5 Å². The number of aryl methyl sites for hydroxylation is 2. The van der Waals surface area contributed by atoms with Gasteiger partial charge in [-0.25, -0.2) is 9.97 Å². The van der Waals surface area contributed by atoms with E-state index in [0.29, 0.717) is 5.92 Å². The lowest BCUT2D eigenvalue weighted by molar-refractivity contribution is -0.136. The van der Waals surface area contributed by atoms with Crippen LogP contribution in [-0.2, 0) is 24.1 Å². The summed E-state index contributed by atoms with van der Waals surface area (Å²) in [6.07, 6.45) is 6.43. The highest BCUT2D eigenvalue weighted by Crippen LogP contribution is 2.38. The predicted molar refractivity (Wildman–Crippen MR) is 82.5 cm³/mol. The van der Waals surface area contributed by atoms with Gasteiger partial charge in [-0.05, 0) is 38.0 Å². The van der Waals surface area contributed by atoms with Crippen LogP contribution in [0.3, 0.4) is 0 Å². The van der Waals surface area contributed by atoms with Gasteiger partial charge in [0.05, 0.1) is 6.42 Å². The summed E-state index contributed by atoms with van der Waals surface area (Å²) < 4.78 is 0. The molecule has 0 saturated heterocycles. The van der Waals surface area contributed by atoms with Gasteiger partial charge in [-0.1, -0.05) is 27.2 Å². The highest BCUT2D eigenvalue weighted by atomic mass is 16.4. The molecule has 1 aliphatic carbocycles. The summed E-state index contributed by atoms with van der Waals surface area (Å²) in [7, 11) is 0. The second kappa shape index (κ2) is 7.01. The summed E-state index contributed by atoms with van der Waals surface area (Å²) in [5, 5.41) is 9.10. The molecule has 1 aliphatic rings. The first kappa shape index (κ1) is 15.9. The fourth-order valence-corrected chi connectivity index (χ4v) is 3.41. The maximum absolute atomic E-state index is 11.1. The van der Waals surface area contributed by atoms with Crippen LogP contribution in [-0.4, -0.2) is 21.0 Å². The van der Waals surface area contributed by atoms with Crippen LogP contribution < -0.4 is 0 Å². The van der Waals surface area contributed by atoms with E-state index in [9.17, 15) is 4.79 Å². The van der Waals surface area contributed by atoms with Gasteiger partial charge in [0.2, 0.25) is 0 Å². The van der Waals surface area contributed by atoms with E-state index in [2.05, 4.69) is 6.92 Å². The van der Waals surface area contributed by atoms with Crippen molar-refractivity contribution in [2.24, 2.45) is 5.92 Å². The Labute approximate surface area is 127 Å². The lowest BCUT2D eigenvalue weighted by atomic mass is 10.00. The Balaban J connectivity index is 2.34. The van der Waals surface area contributed by atoms with Crippen LogP contribution in [0.5, 0.6) is 0 Å². The lowest BCUT2D eigenvalue weighted by Gasteiger charge is -2.16. The monoisotopic (exact) mass is 290 g/mol. The Morgan fingerprint density at radius 2 is 1.76 bits per heavy atom. The summed E-state index contributed by atoms with van der Waals surface area (Å²) in [6.45, 7) is 6.33. The third kappa shape index (κ3) is 3.60. The van der Waals surface area contributed by atoms with Gasteiger partial charge >= 0.3 is 5.97 Å². The summed E-state index contributed by atoms with van der Waals surface area (Å²) in [5.74, 6) is 1.41. The number of aliphatic carboxylic acids is 1. The molecule has 21 heavy (non-hydrogen) atoms. The van der Waals surface area contributed by atoms with Crippen molar-refractivity contribution >= 4 is 5.97 Å². The molecular weight excluding hydrogens is 264 g/mol. The molecule has 1 N–H and O–H groups in total. The van der Waals surface area contributed by atoms with Crippen LogP contribution in [0.4, 0.5) is 0 Å². The zero-order valence-corrected chi connectivity index (χ0v) is 13.4. The first-order chi connectivity index (χ1) is 10.1. The largest absolute Gasteiger partial charge is 0.481 e. The van der Waals surface area contributed by atoms with Crippen molar-refractivity contribution in [2.45, 2.75) is 71.6 Å². The van der Waals surface area contributed by atoms with Crippen LogP contribution in [0.25, 0.3) is 0 Å². The predicted octanol–water partition coefficient (Wildman–Crippen LogP) is 3.52. The SMILES string of the molecule is CCc1nc(C2CCC(CC)C2)nc(CC)c1CC(=O)O. The number of carboxylic acid groups (broad SMARTS) is 1. The van der Waals surface area contributed by atoms with Gasteiger partial charge < -0.3 is 5.11 Å². The maximum atomic E-state index is 11.1. The molecule has 1 aromatic heterocycles. The van der Waals surface area contributed by atoms with Crippen molar-refractivity contribution in [1.82, 2.24) is 9.97 Å². The molecule has 0 spiro atoms. The molecule has 2 rings (SSSR count). The first-order valence-corrected chi connectivity index (χ1v) is 8.19. The van der Waals surface area contributed by atoms with Gasteiger partial charge in [0.15, 0.2) is 0 Å². The molecule has 1 fully saturated rings. The molecule has 1 heterocycles. The summed E-state index contributed by atoms with van der Waals surface area (Å²) in [5.41, 5.74) is 2.69. The molecule has 2 unspecified atom stereocenters. The number of carbonyl (C=O) groups is 1. The first-order valence-electron chi connectivity index (χ1n) is 8.19. The average Bonchev–Trinajstić information content (AvgIpc) is 2.95. The molecule has 0 aliphatic heterocycles. The lowest BCUT2D eigenvalue weighted by Crippen LogP contribution is -2.14. The zero-order valence-electron chi connectivity index (χ0n) is 13.4. The summed E-state index contributed by atoms with van der Waals surface area (Å²) in [6, 6.07) is 0. The van der Waals surface area contributed by atoms with E-state index in [-0.39, 0.29) is 6.42 Å². The van der Waals surface area contributed by atoms with E-state index >= 15 is 0 Å². The van der Waals surface area contributed by atoms with Gasteiger partial charge in [0.25, 0.3) is 0 Å². The number of rotatable bonds is 6. The Hall–Kier alpha value is -1.45. The van der Waals surface area contributed by atoms with Gasteiger partial charge in [-0.2, -0.15) is 0 Å². The fraction of sp³-hybridized carbons (Fsp3) is 0.706. The van der Waals surface area contributed by atoms with Gasteiger partial charge in [0, 0.05) is 22.9 Å². The van der Waals surface area contributed by atoms with Crippen LogP contribution in [0.2, 0.25) is 0 Å². The Morgan fingerprint density at radius 1 is 1.14 bits per heavy atom. The smallest absolute Gasteiger partial charge is 0.307 e. The number of hydrogen-bond donors (Lipinski definition) is 1. The molecule has 4 nitrogen and oxygen atoms in total. The van der Waals surface area contributed by atoms with Crippen molar-refractivity contribution in [3.63, 3.8) is 0 Å². The molecule has 1 saturated carbocycles. The summed E-state index contributed by atoms with van der Waals surface area (Å²) in [4.78, 5) is 20.5. The van der Waals surface area contributed by atoms with Gasteiger partial charge in [-0.3, -0.25) is 4.79 Å². The highest BCUT2D eigenvalue weighted by Gasteiger charge is 2.28. The van der Waals surface area contributed by atoms with Crippen molar-refractivity contribution in [2.75, 3.05) is 0 Å². The van der Waals surface area contributed by atoms with Crippen molar-refractivity contribution < 1.29 is 9.90 Å². The number of hydrogen-bond acceptors (Lipinski definition) is 3. The van der Waals surface area contributed by atoms with E-state index in [1.807, 2.05) is 13.8 Å². The van der Waals surface area contributed by atoms with Crippen molar-refractivity contribution in [3.8, 4) is 0 Å². The van der Waals surface area contributed by atoms with Crippen LogP contribution in [0.1, 0.15) is 75.1 Å². The Bertz CT molecular complexity index is 489. The number of nitrogens with zero attached hydrogens (tertiary/aromatic N) is 2. The second-order valence-electron chi connectivity index (χ2n) is 6.02. The molecule has 2 atom stereocenters. The normalized spacial score (nSPS) is 21.7. The summed E-state index contributed by atoms with van der Waals surface area (Å²) >= 11 is 0. The van der Waals surface area contributed by atoms with Crippen LogP contribution in [0.15, 0.2) is 0 Å². The minimum Gasteiger partial charge on any atom is -0.481 e. The van der Waals surface area contributed by atoms with Crippen LogP contribution >= 0.6 is 0 Å². The average molecular weight is 290 g/mol. The molecule has 4 heteroatoms. The maximum Gasteiger partial charge on any atom is 0.307 e. The molecule has 0 aromatic carbocycles. The third-order valence-corrected chi connectivity index (χ3v) is 4.68. The topological polar surface area (TPSA) is 63.1 Å². The number of aromatic nitrogens is 2. The van der Waals surface area contributed by atoms with E-state index in [1.54, 1.807) is 0 Å². The molecule has 1 aromatic rings.